The molecule has 0 unspecified atom stereocenters. The fraction of sp³-hybridized carbons (Fsp3) is 0.300. The zero-order valence-corrected chi connectivity index (χ0v) is 12.1. The fourth-order valence-corrected chi connectivity index (χ4v) is 3.13. The molecule has 5 nitrogen and oxygen atoms in total. The van der Waals surface area contributed by atoms with Gasteiger partial charge in [0.2, 0.25) is 5.91 Å². The average Bonchev–Trinajstić information content (AvgIpc) is 2.09. The third-order valence-corrected chi connectivity index (χ3v) is 3.50. The van der Waals surface area contributed by atoms with Gasteiger partial charge in [0.15, 0.2) is 0 Å². The van der Waals surface area contributed by atoms with E-state index < -0.39 is 16.1 Å². The highest BCUT2D eigenvalue weighted by atomic mass is 79.9. The van der Waals surface area contributed by atoms with Gasteiger partial charge in [0.05, 0.1) is 5.69 Å². The number of carbonyl (C=O) groups is 1. The van der Waals surface area contributed by atoms with Gasteiger partial charge in [-0.1, -0.05) is 15.9 Å². The molecule has 0 aromatic heterocycles. The van der Waals surface area contributed by atoms with Crippen LogP contribution < -0.4 is 9.44 Å². The number of hydrogen-bond acceptors (Lipinski definition) is 3. The minimum absolute atomic E-state index is 0.474. The smallest absolute Gasteiger partial charge is 0.274 e. The van der Waals surface area contributed by atoms with Gasteiger partial charge in [0.25, 0.3) is 0 Å². The third kappa shape index (κ3) is 4.01. The quantitative estimate of drug-likeness (QED) is 0.892. The molecule has 0 bridgehead atoms. The zero-order chi connectivity index (χ0) is 13.2. The van der Waals surface area contributed by atoms with Gasteiger partial charge in [0.1, 0.15) is 0 Å². The second kappa shape index (κ2) is 5.05. The molecule has 1 rings (SSSR count). The van der Waals surface area contributed by atoms with Crippen LogP contribution in [-0.4, -0.2) is 14.3 Å². The molecule has 0 spiro atoms. The maximum atomic E-state index is 11.5. The van der Waals surface area contributed by atoms with Crippen LogP contribution in [0, 0.1) is 13.8 Å². The van der Waals surface area contributed by atoms with E-state index in [1.165, 1.54) is 0 Å². The first-order valence-electron chi connectivity index (χ1n) is 4.79. The number of amides is 1. The molecular formula is C10H13BrN2O3S. The Kier molecular flexibility index (Phi) is 4.16. The van der Waals surface area contributed by atoms with Gasteiger partial charge in [-0.05, 0) is 37.1 Å². The van der Waals surface area contributed by atoms with E-state index in [2.05, 4.69) is 20.7 Å². The fourth-order valence-electron chi connectivity index (χ4n) is 1.42. The van der Waals surface area contributed by atoms with Crippen molar-refractivity contribution in [3.63, 3.8) is 0 Å². The molecule has 2 N–H and O–H groups in total. The van der Waals surface area contributed by atoms with Crippen molar-refractivity contribution >= 4 is 37.7 Å². The van der Waals surface area contributed by atoms with Crippen LogP contribution in [0.25, 0.3) is 0 Å². The lowest BCUT2D eigenvalue weighted by Gasteiger charge is -2.13. The van der Waals surface area contributed by atoms with E-state index in [1.807, 2.05) is 4.72 Å². The van der Waals surface area contributed by atoms with Gasteiger partial charge < -0.3 is 0 Å². The van der Waals surface area contributed by atoms with Crippen molar-refractivity contribution in [2.24, 2.45) is 0 Å². The Morgan fingerprint density at radius 3 is 2.12 bits per heavy atom. The summed E-state index contributed by atoms with van der Waals surface area (Å²) in [7, 11) is -3.86. The Balaban J connectivity index is 3.08. The Morgan fingerprint density at radius 2 is 1.71 bits per heavy atom. The van der Waals surface area contributed by atoms with E-state index in [0.717, 1.165) is 22.5 Å². The summed E-state index contributed by atoms with van der Waals surface area (Å²) in [6.45, 7) is 4.70. The molecule has 0 saturated heterocycles. The van der Waals surface area contributed by atoms with Gasteiger partial charge in [0, 0.05) is 11.4 Å². The second-order valence-electron chi connectivity index (χ2n) is 3.68. The molecule has 0 radical (unpaired) electrons. The predicted molar refractivity (Wildman–Crippen MR) is 70.0 cm³/mol. The number of rotatable bonds is 3. The molecule has 0 fully saturated rings. The molecular weight excluding hydrogens is 308 g/mol. The summed E-state index contributed by atoms with van der Waals surface area (Å²) < 4.78 is 28.1. The number of anilines is 1. The molecule has 1 amide bonds. The lowest BCUT2D eigenvalue weighted by molar-refractivity contribution is -0.117. The Bertz CT molecular complexity index is 532. The van der Waals surface area contributed by atoms with E-state index in [0.29, 0.717) is 5.69 Å². The van der Waals surface area contributed by atoms with Crippen LogP contribution >= 0.6 is 15.9 Å². The van der Waals surface area contributed by atoms with Crippen molar-refractivity contribution < 1.29 is 13.2 Å². The summed E-state index contributed by atoms with van der Waals surface area (Å²) in [6.07, 6.45) is 0. The molecule has 94 valence electrons. The van der Waals surface area contributed by atoms with Crippen molar-refractivity contribution in [2.75, 3.05) is 4.72 Å². The maximum Gasteiger partial charge on any atom is 0.323 e. The summed E-state index contributed by atoms with van der Waals surface area (Å²) in [5.74, 6) is -0.634. The van der Waals surface area contributed by atoms with E-state index in [1.54, 1.807) is 26.0 Å². The van der Waals surface area contributed by atoms with Crippen LogP contribution in [0.3, 0.4) is 0 Å². The van der Waals surface area contributed by atoms with Crippen molar-refractivity contribution in [1.82, 2.24) is 4.72 Å². The Labute approximate surface area is 109 Å². The standard InChI is InChI=1S/C10H13BrN2O3S/c1-6-4-9(11)5-7(2)10(6)13-17(15,16)12-8(3)14/h4-5,13H,1-3H3,(H,12,14). The van der Waals surface area contributed by atoms with Crippen LogP contribution in [0.5, 0.6) is 0 Å². The molecule has 0 saturated carbocycles. The van der Waals surface area contributed by atoms with Crippen molar-refractivity contribution in [3.05, 3.63) is 27.7 Å². The SMILES string of the molecule is CC(=O)NS(=O)(=O)Nc1c(C)cc(Br)cc1C. The second-order valence-corrected chi connectivity index (χ2v) is 6.01. The van der Waals surface area contributed by atoms with E-state index in [4.69, 9.17) is 0 Å². The molecule has 0 heterocycles. The number of aryl methyl sites for hydroxylation is 2. The van der Waals surface area contributed by atoms with Gasteiger partial charge >= 0.3 is 10.2 Å². The van der Waals surface area contributed by atoms with E-state index in [-0.39, 0.29) is 0 Å². The van der Waals surface area contributed by atoms with E-state index >= 15 is 0 Å². The van der Waals surface area contributed by atoms with Crippen LogP contribution in [0.15, 0.2) is 16.6 Å². The average molecular weight is 321 g/mol. The number of nitrogens with one attached hydrogen (secondary N) is 2. The van der Waals surface area contributed by atoms with Crippen molar-refractivity contribution in [3.8, 4) is 0 Å². The monoisotopic (exact) mass is 320 g/mol. The van der Waals surface area contributed by atoms with Gasteiger partial charge in [-0.2, -0.15) is 8.42 Å². The first kappa shape index (κ1) is 14.0. The number of halogens is 1. The molecule has 7 heteroatoms. The highest BCUT2D eigenvalue weighted by Gasteiger charge is 2.14. The molecule has 0 atom stereocenters. The van der Waals surface area contributed by atoms with Gasteiger partial charge in [-0.15, -0.1) is 0 Å². The number of benzene rings is 1. The summed E-state index contributed by atoms with van der Waals surface area (Å²) in [5.41, 5.74) is 2.01. The molecule has 17 heavy (non-hydrogen) atoms. The molecule has 0 aliphatic rings. The van der Waals surface area contributed by atoms with Crippen molar-refractivity contribution in [1.29, 1.82) is 0 Å². The first-order chi connectivity index (χ1) is 7.71. The molecule has 0 aliphatic heterocycles. The summed E-state index contributed by atoms with van der Waals surface area (Å²) in [4.78, 5) is 10.7. The van der Waals surface area contributed by atoms with Gasteiger partial charge in [-0.25, -0.2) is 4.72 Å². The first-order valence-corrected chi connectivity index (χ1v) is 7.07. The van der Waals surface area contributed by atoms with E-state index in [9.17, 15) is 13.2 Å². The highest BCUT2D eigenvalue weighted by Crippen LogP contribution is 2.25. The Morgan fingerprint density at radius 1 is 1.24 bits per heavy atom. The van der Waals surface area contributed by atoms with Crippen LogP contribution in [0.4, 0.5) is 5.69 Å². The molecule has 1 aromatic rings. The topological polar surface area (TPSA) is 75.3 Å². The summed E-state index contributed by atoms with van der Waals surface area (Å²) in [6, 6.07) is 3.58. The minimum Gasteiger partial charge on any atom is -0.274 e. The largest absolute Gasteiger partial charge is 0.323 e. The van der Waals surface area contributed by atoms with Gasteiger partial charge in [-0.3, -0.25) is 9.52 Å². The van der Waals surface area contributed by atoms with Crippen LogP contribution in [0.1, 0.15) is 18.1 Å². The zero-order valence-electron chi connectivity index (χ0n) is 9.67. The normalized spacial score (nSPS) is 11.1. The van der Waals surface area contributed by atoms with Crippen molar-refractivity contribution in [2.45, 2.75) is 20.8 Å². The molecule has 0 aliphatic carbocycles. The number of carbonyl (C=O) groups excluding carboxylic acids is 1. The number of hydrogen-bond donors (Lipinski definition) is 2. The third-order valence-electron chi connectivity index (χ3n) is 2.01. The molecule has 1 aromatic carbocycles. The Hall–Kier alpha value is -1.08. The van der Waals surface area contributed by atoms with Crippen LogP contribution in [0.2, 0.25) is 0 Å². The summed E-state index contributed by atoms with van der Waals surface area (Å²) in [5, 5.41) is 0. The lowest BCUT2D eigenvalue weighted by atomic mass is 10.1. The predicted octanol–water partition coefficient (Wildman–Crippen LogP) is 1.86. The minimum atomic E-state index is -3.86. The summed E-state index contributed by atoms with van der Waals surface area (Å²) >= 11 is 3.32. The lowest BCUT2D eigenvalue weighted by Crippen LogP contribution is -2.34. The van der Waals surface area contributed by atoms with Crippen LogP contribution in [-0.2, 0) is 15.0 Å². The maximum absolute atomic E-state index is 11.5. The highest BCUT2D eigenvalue weighted by molar-refractivity contribution is 9.10.